The molecule has 1 N–H and O–H groups in total. The van der Waals surface area contributed by atoms with Crippen LogP contribution in [0.2, 0.25) is 0 Å². The van der Waals surface area contributed by atoms with Gasteiger partial charge in [0.1, 0.15) is 12.3 Å². The number of amides is 2. The maximum Gasteiger partial charge on any atom is 0.269 e. The van der Waals surface area contributed by atoms with E-state index in [1.54, 1.807) is 31.2 Å². The van der Waals surface area contributed by atoms with Gasteiger partial charge in [0, 0.05) is 17.8 Å². The Morgan fingerprint density at radius 1 is 1.24 bits per heavy atom. The topological polar surface area (TPSA) is 102 Å². The standard InChI is InChI=1S/C17H15N3O5/c1-11-17(22)19(14-4-2-3-5-15(14)25-11)10-16(21)18-12-6-8-13(9-7-12)20(23)24/h2-9,11H,10H2,1H3,(H,18,21). The summed E-state index contributed by atoms with van der Waals surface area (Å²) in [5, 5.41) is 13.3. The summed E-state index contributed by atoms with van der Waals surface area (Å²) in [7, 11) is 0. The molecule has 1 aliphatic heterocycles. The van der Waals surface area contributed by atoms with Gasteiger partial charge in [-0.1, -0.05) is 12.1 Å². The number of fused-ring (bicyclic) bond motifs is 1. The van der Waals surface area contributed by atoms with Crippen LogP contribution in [0, 0.1) is 10.1 Å². The number of nitro groups is 1. The summed E-state index contributed by atoms with van der Waals surface area (Å²) in [5.74, 6) is -0.179. The molecule has 2 amide bonds. The molecule has 2 aromatic rings. The van der Waals surface area contributed by atoms with Crippen LogP contribution in [0.1, 0.15) is 6.92 Å². The molecule has 8 heteroatoms. The number of rotatable bonds is 4. The van der Waals surface area contributed by atoms with Crippen molar-refractivity contribution >= 4 is 28.9 Å². The summed E-state index contributed by atoms with van der Waals surface area (Å²) in [4.78, 5) is 36.1. The van der Waals surface area contributed by atoms with Gasteiger partial charge >= 0.3 is 0 Å². The zero-order chi connectivity index (χ0) is 18.0. The van der Waals surface area contributed by atoms with Gasteiger partial charge in [-0.05, 0) is 31.2 Å². The molecule has 1 aliphatic rings. The van der Waals surface area contributed by atoms with Gasteiger partial charge < -0.3 is 10.1 Å². The Labute approximate surface area is 143 Å². The second-order valence-electron chi connectivity index (χ2n) is 5.50. The molecule has 0 saturated carbocycles. The predicted molar refractivity (Wildman–Crippen MR) is 90.6 cm³/mol. The molecule has 1 atom stereocenters. The SMILES string of the molecule is CC1Oc2ccccc2N(CC(=O)Nc2ccc([N+](=O)[O-])cc2)C1=O. The zero-order valence-electron chi connectivity index (χ0n) is 13.3. The average Bonchev–Trinajstić information content (AvgIpc) is 2.59. The summed E-state index contributed by atoms with van der Waals surface area (Å²) >= 11 is 0. The molecule has 8 nitrogen and oxygen atoms in total. The first kappa shape index (κ1) is 16.4. The lowest BCUT2D eigenvalue weighted by atomic mass is 10.2. The van der Waals surface area contributed by atoms with Crippen molar-refractivity contribution in [2.75, 3.05) is 16.8 Å². The molecule has 0 saturated heterocycles. The number of nitrogens with zero attached hydrogens (tertiary/aromatic N) is 2. The van der Waals surface area contributed by atoms with E-state index >= 15 is 0 Å². The highest BCUT2D eigenvalue weighted by molar-refractivity contribution is 6.06. The van der Waals surface area contributed by atoms with Crippen LogP contribution in [0.15, 0.2) is 48.5 Å². The molecule has 0 aromatic heterocycles. The van der Waals surface area contributed by atoms with Crippen LogP contribution < -0.4 is 15.0 Å². The zero-order valence-corrected chi connectivity index (χ0v) is 13.3. The van der Waals surface area contributed by atoms with E-state index in [-0.39, 0.29) is 18.1 Å². The van der Waals surface area contributed by atoms with E-state index < -0.39 is 16.9 Å². The molecular weight excluding hydrogens is 326 g/mol. The minimum absolute atomic E-state index is 0.0656. The number of nitrogens with one attached hydrogen (secondary N) is 1. The van der Waals surface area contributed by atoms with Gasteiger partial charge in [0.05, 0.1) is 10.6 Å². The summed E-state index contributed by atoms with van der Waals surface area (Å²) in [5.41, 5.74) is 0.881. The highest BCUT2D eigenvalue weighted by atomic mass is 16.6. The minimum Gasteiger partial charge on any atom is -0.479 e. The first-order valence-corrected chi connectivity index (χ1v) is 7.57. The molecule has 0 radical (unpaired) electrons. The highest BCUT2D eigenvalue weighted by Crippen LogP contribution is 2.33. The van der Waals surface area contributed by atoms with E-state index in [4.69, 9.17) is 4.74 Å². The second kappa shape index (κ2) is 6.60. The molecular formula is C17H15N3O5. The molecule has 0 spiro atoms. The largest absolute Gasteiger partial charge is 0.479 e. The number of para-hydroxylation sites is 2. The van der Waals surface area contributed by atoms with Crippen molar-refractivity contribution < 1.29 is 19.2 Å². The van der Waals surface area contributed by atoms with Gasteiger partial charge in [0.15, 0.2) is 6.10 Å². The molecule has 1 heterocycles. The molecule has 0 bridgehead atoms. The maximum absolute atomic E-state index is 12.3. The van der Waals surface area contributed by atoms with Crippen LogP contribution in [0.25, 0.3) is 0 Å². The fraction of sp³-hybridized carbons (Fsp3) is 0.176. The second-order valence-corrected chi connectivity index (χ2v) is 5.50. The Hall–Kier alpha value is -3.42. The Balaban J connectivity index is 1.74. The van der Waals surface area contributed by atoms with Crippen LogP contribution in [0.4, 0.5) is 17.1 Å². The average molecular weight is 341 g/mol. The lowest BCUT2D eigenvalue weighted by molar-refractivity contribution is -0.384. The lowest BCUT2D eigenvalue weighted by Gasteiger charge is -2.32. The number of hydrogen-bond acceptors (Lipinski definition) is 5. The van der Waals surface area contributed by atoms with Crippen molar-refractivity contribution in [2.24, 2.45) is 0 Å². The molecule has 128 valence electrons. The number of nitro benzene ring substituents is 1. The minimum atomic E-state index is -0.679. The van der Waals surface area contributed by atoms with Crippen molar-refractivity contribution in [2.45, 2.75) is 13.0 Å². The van der Waals surface area contributed by atoms with Crippen LogP contribution in [-0.2, 0) is 9.59 Å². The van der Waals surface area contributed by atoms with Crippen molar-refractivity contribution in [1.82, 2.24) is 0 Å². The molecule has 0 fully saturated rings. The quantitative estimate of drug-likeness (QED) is 0.679. The summed E-state index contributed by atoms with van der Waals surface area (Å²) < 4.78 is 5.52. The number of benzene rings is 2. The van der Waals surface area contributed by atoms with Crippen molar-refractivity contribution in [1.29, 1.82) is 0 Å². The Kier molecular flexibility index (Phi) is 4.34. The van der Waals surface area contributed by atoms with Gasteiger partial charge in [0.25, 0.3) is 11.6 Å². The Morgan fingerprint density at radius 2 is 1.92 bits per heavy atom. The lowest BCUT2D eigenvalue weighted by Crippen LogP contribution is -2.47. The van der Waals surface area contributed by atoms with Crippen molar-refractivity contribution in [3.05, 3.63) is 58.6 Å². The van der Waals surface area contributed by atoms with Crippen molar-refractivity contribution in [3.63, 3.8) is 0 Å². The number of carbonyl (C=O) groups is 2. The van der Waals surface area contributed by atoms with Crippen LogP contribution in [0.3, 0.4) is 0 Å². The number of anilines is 2. The van der Waals surface area contributed by atoms with Gasteiger partial charge in [-0.2, -0.15) is 0 Å². The van der Waals surface area contributed by atoms with Gasteiger partial charge in [-0.15, -0.1) is 0 Å². The maximum atomic E-state index is 12.3. The predicted octanol–water partition coefficient (Wildman–Crippen LogP) is 2.35. The summed E-state index contributed by atoms with van der Waals surface area (Å²) in [6.07, 6.45) is -0.679. The van der Waals surface area contributed by atoms with Gasteiger partial charge in [-0.3, -0.25) is 24.6 Å². The smallest absolute Gasteiger partial charge is 0.269 e. The first-order valence-electron chi connectivity index (χ1n) is 7.57. The van der Waals surface area contributed by atoms with E-state index in [1.165, 1.54) is 29.2 Å². The molecule has 1 unspecified atom stereocenters. The monoisotopic (exact) mass is 341 g/mol. The van der Waals surface area contributed by atoms with E-state index in [2.05, 4.69) is 5.32 Å². The molecule has 25 heavy (non-hydrogen) atoms. The highest BCUT2D eigenvalue weighted by Gasteiger charge is 2.32. The third kappa shape index (κ3) is 3.42. The molecule has 0 aliphatic carbocycles. The van der Waals surface area contributed by atoms with Crippen LogP contribution in [-0.4, -0.2) is 29.4 Å². The fourth-order valence-corrected chi connectivity index (χ4v) is 2.53. The van der Waals surface area contributed by atoms with E-state index in [1.807, 2.05) is 0 Å². The van der Waals surface area contributed by atoms with Gasteiger partial charge in [0.2, 0.25) is 5.91 Å². The fourth-order valence-electron chi connectivity index (χ4n) is 2.53. The summed E-state index contributed by atoms with van der Waals surface area (Å²) in [6.45, 7) is 1.44. The van der Waals surface area contributed by atoms with Crippen LogP contribution >= 0.6 is 0 Å². The number of ether oxygens (including phenoxy) is 1. The van der Waals surface area contributed by atoms with E-state index in [0.29, 0.717) is 17.1 Å². The number of carbonyl (C=O) groups excluding carboxylic acids is 2. The van der Waals surface area contributed by atoms with Crippen LogP contribution in [0.5, 0.6) is 5.75 Å². The third-order valence-electron chi connectivity index (χ3n) is 3.74. The molecule has 2 aromatic carbocycles. The first-order chi connectivity index (χ1) is 12.0. The number of non-ortho nitro benzene ring substituents is 1. The van der Waals surface area contributed by atoms with E-state index in [9.17, 15) is 19.7 Å². The Morgan fingerprint density at radius 3 is 2.60 bits per heavy atom. The molecule has 3 rings (SSSR count). The normalized spacial score (nSPS) is 16.0. The van der Waals surface area contributed by atoms with Crippen molar-refractivity contribution in [3.8, 4) is 5.75 Å². The summed E-state index contributed by atoms with van der Waals surface area (Å²) in [6, 6.07) is 12.5. The van der Waals surface area contributed by atoms with E-state index in [0.717, 1.165) is 0 Å². The Bertz CT molecular complexity index is 834. The van der Waals surface area contributed by atoms with Gasteiger partial charge in [-0.25, -0.2) is 0 Å². The number of hydrogen-bond donors (Lipinski definition) is 1. The third-order valence-corrected chi connectivity index (χ3v) is 3.74.